The number of hydrogen-bond acceptors (Lipinski definition) is 2. The number of hydrogen-bond donors (Lipinski definition) is 1. The maximum absolute atomic E-state index is 13.0. The van der Waals surface area contributed by atoms with Crippen LogP contribution in [-0.2, 0) is 0 Å². The van der Waals surface area contributed by atoms with Crippen molar-refractivity contribution in [2.45, 2.75) is 13.0 Å². The van der Waals surface area contributed by atoms with Gasteiger partial charge in [-0.3, -0.25) is 0 Å². The molecule has 17 heavy (non-hydrogen) atoms. The second kappa shape index (κ2) is 7.31. The van der Waals surface area contributed by atoms with Crippen molar-refractivity contribution in [2.75, 3.05) is 18.1 Å². The fourth-order valence-corrected chi connectivity index (χ4v) is 1.95. The van der Waals surface area contributed by atoms with Crippen molar-refractivity contribution in [1.82, 2.24) is 5.32 Å². The van der Waals surface area contributed by atoms with E-state index in [0.717, 1.165) is 18.4 Å². The minimum absolute atomic E-state index is 0.0772. The Morgan fingerprint density at radius 3 is 2.59 bits per heavy atom. The fourth-order valence-electron chi connectivity index (χ4n) is 1.42. The maximum atomic E-state index is 13.0. The average molecular weight is 255 g/mol. The zero-order chi connectivity index (χ0) is 12.7. The zero-order valence-electron chi connectivity index (χ0n) is 9.67. The van der Waals surface area contributed by atoms with Crippen LogP contribution in [0.5, 0.6) is 0 Å². The van der Waals surface area contributed by atoms with Crippen molar-refractivity contribution < 1.29 is 8.78 Å². The van der Waals surface area contributed by atoms with Crippen LogP contribution in [0.3, 0.4) is 0 Å². The molecule has 0 aliphatic rings. The molecule has 1 atom stereocenters. The standard InChI is InChI=1S/C13H15F2NS/c1-3-5-17-6-4-16-10(2)11-7-12(14)9-13(15)8-11/h1,7-10,16H,4-6H2,2H3. The van der Waals surface area contributed by atoms with E-state index < -0.39 is 11.6 Å². The van der Waals surface area contributed by atoms with Gasteiger partial charge in [-0.2, -0.15) is 0 Å². The molecule has 1 aromatic rings. The topological polar surface area (TPSA) is 12.0 Å². The van der Waals surface area contributed by atoms with E-state index in [1.165, 1.54) is 12.1 Å². The average Bonchev–Trinajstić information content (AvgIpc) is 2.27. The molecule has 0 amide bonds. The first-order chi connectivity index (χ1) is 8.13. The number of nitrogens with one attached hydrogen (secondary N) is 1. The Hall–Kier alpha value is -1.05. The Morgan fingerprint density at radius 1 is 1.35 bits per heavy atom. The third-order valence-electron chi connectivity index (χ3n) is 2.27. The summed E-state index contributed by atoms with van der Waals surface area (Å²) < 4.78 is 26.0. The van der Waals surface area contributed by atoms with Gasteiger partial charge in [0.1, 0.15) is 11.6 Å². The molecule has 1 unspecified atom stereocenters. The van der Waals surface area contributed by atoms with E-state index in [2.05, 4.69) is 11.2 Å². The van der Waals surface area contributed by atoms with Crippen LogP contribution in [0.25, 0.3) is 0 Å². The third kappa shape index (κ3) is 5.20. The number of rotatable bonds is 6. The van der Waals surface area contributed by atoms with Crippen molar-refractivity contribution >= 4 is 11.8 Å². The lowest BCUT2D eigenvalue weighted by Gasteiger charge is -2.14. The summed E-state index contributed by atoms with van der Waals surface area (Å²) >= 11 is 1.65. The van der Waals surface area contributed by atoms with Crippen LogP contribution in [0.15, 0.2) is 18.2 Å². The van der Waals surface area contributed by atoms with Crippen molar-refractivity contribution in [1.29, 1.82) is 0 Å². The van der Waals surface area contributed by atoms with Gasteiger partial charge in [-0.15, -0.1) is 18.2 Å². The highest BCUT2D eigenvalue weighted by Gasteiger charge is 2.07. The van der Waals surface area contributed by atoms with Gasteiger partial charge in [0.05, 0.1) is 5.75 Å². The molecular formula is C13H15F2NS. The van der Waals surface area contributed by atoms with Gasteiger partial charge in [0.2, 0.25) is 0 Å². The summed E-state index contributed by atoms with van der Waals surface area (Å²) in [5.74, 6) is 3.01. The van der Waals surface area contributed by atoms with Crippen LogP contribution in [0.4, 0.5) is 8.78 Å². The summed E-state index contributed by atoms with van der Waals surface area (Å²) in [6, 6.07) is 3.48. The molecule has 1 rings (SSSR count). The summed E-state index contributed by atoms with van der Waals surface area (Å²) in [6.07, 6.45) is 5.12. The Morgan fingerprint density at radius 2 is 2.00 bits per heavy atom. The predicted molar refractivity (Wildman–Crippen MR) is 68.9 cm³/mol. The van der Waals surface area contributed by atoms with Crippen LogP contribution in [0, 0.1) is 24.0 Å². The van der Waals surface area contributed by atoms with Crippen LogP contribution < -0.4 is 5.32 Å². The van der Waals surface area contributed by atoms with Crippen LogP contribution in [0.2, 0.25) is 0 Å². The minimum atomic E-state index is -0.546. The fraction of sp³-hybridized carbons (Fsp3) is 0.385. The molecule has 0 heterocycles. The molecule has 0 fully saturated rings. The first-order valence-corrected chi connectivity index (χ1v) is 6.49. The van der Waals surface area contributed by atoms with Crippen LogP contribution in [0.1, 0.15) is 18.5 Å². The zero-order valence-corrected chi connectivity index (χ0v) is 10.5. The largest absolute Gasteiger partial charge is 0.309 e. The van der Waals surface area contributed by atoms with E-state index in [-0.39, 0.29) is 6.04 Å². The summed E-state index contributed by atoms with van der Waals surface area (Å²) in [6.45, 7) is 2.63. The van der Waals surface area contributed by atoms with E-state index in [1.54, 1.807) is 11.8 Å². The third-order valence-corrected chi connectivity index (χ3v) is 3.13. The van der Waals surface area contributed by atoms with Gasteiger partial charge in [0.15, 0.2) is 0 Å². The highest BCUT2D eigenvalue weighted by Crippen LogP contribution is 2.15. The molecule has 0 saturated carbocycles. The molecular weight excluding hydrogens is 240 g/mol. The van der Waals surface area contributed by atoms with Gasteiger partial charge >= 0.3 is 0 Å². The van der Waals surface area contributed by atoms with Crippen molar-refractivity contribution in [2.24, 2.45) is 0 Å². The number of halogens is 2. The summed E-state index contributed by atoms with van der Waals surface area (Å²) in [4.78, 5) is 0. The Bertz CT molecular complexity index is 381. The van der Waals surface area contributed by atoms with E-state index >= 15 is 0 Å². The smallest absolute Gasteiger partial charge is 0.126 e. The molecule has 92 valence electrons. The maximum Gasteiger partial charge on any atom is 0.126 e. The Kier molecular flexibility index (Phi) is 6.03. The van der Waals surface area contributed by atoms with E-state index in [1.807, 2.05) is 6.92 Å². The number of terminal acetylenes is 1. The highest BCUT2D eigenvalue weighted by atomic mass is 32.2. The first kappa shape index (κ1) is 14.0. The second-order valence-corrected chi connectivity index (χ2v) is 4.74. The molecule has 0 radical (unpaired) electrons. The van der Waals surface area contributed by atoms with Gasteiger partial charge in [-0.1, -0.05) is 5.92 Å². The Balaban J connectivity index is 2.41. The molecule has 1 N–H and O–H groups in total. The van der Waals surface area contributed by atoms with Gasteiger partial charge in [-0.05, 0) is 24.6 Å². The molecule has 1 nitrogen and oxygen atoms in total. The van der Waals surface area contributed by atoms with Gasteiger partial charge < -0.3 is 5.32 Å². The molecule has 0 aromatic heterocycles. The number of benzene rings is 1. The predicted octanol–water partition coefficient (Wildman–Crippen LogP) is 2.98. The van der Waals surface area contributed by atoms with Crippen molar-refractivity contribution in [3.8, 4) is 12.3 Å². The van der Waals surface area contributed by atoms with Crippen molar-refractivity contribution in [3.05, 3.63) is 35.4 Å². The first-order valence-electron chi connectivity index (χ1n) is 5.34. The summed E-state index contributed by atoms with van der Waals surface area (Å²) in [5.41, 5.74) is 0.615. The van der Waals surface area contributed by atoms with E-state index in [0.29, 0.717) is 11.3 Å². The lowest BCUT2D eigenvalue weighted by molar-refractivity contribution is 0.556. The lowest BCUT2D eigenvalue weighted by Crippen LogP contribution is -2.21. The van der Waals surface area contributed by atoms with E-state index in [9.17, 15) is 8.78 Å². The lowest BCUT2D eigenvalue weighted by atomic mass is 10.1. The normalized spacial score (nSPS) is 12.1. The Labute approximate surface area is 105 Å². The second-order valence-electron chi connectivity index (χ2n) is 3.64. The molecule has 4 heteroatoms. The summed E-state index contributed by atoms with van der Waals surface area (Å²) in [7, 11) is 0. The van der Waals surface area contributed by atoms with Gasteiger partial charge in [0, 0.05) is 24.4 Å². The SMILES string of the molecule is C#CCSCCNC(C)c1cc(F)cc(F)c1. The van der Waals surface area contributed by atoms with Gasteiger partial charge in [0.25, 0.3) is 0 Å². The molecule has 0 bridgehead atoms. The molecule has 0 aliphatic heterocycles. The van der Waals surface area contributed by atoms with Crippen LogP contribution >= 0.6 is 11.8 Å². The molecule has 1 aromatic carbocycles. The van der Waals surface area contributed by atoms with E-state index in [4.69, 9.17) is 6.42 Å². The quantitative estimate of drug-likeness (QED) is 0.619. The molecule has 0 saturated heterocycles. The molecule has 0 spiro atoms. The van der Waals surface area contributed by atoms with Gasteiger partial charge in [-0.25, -0.2) is 8.78 Å². The van der Waals surface area contributed by atoms with Crippen molar-refractivity contribution in [3.63, 3.8) is 0 Å². The molecule has 0 aliphatic carbocycles. The van der Waals surface area contributed by atoms with Crippen LogP contribution in [-0.4, -0.2) is 18.1 Å². The highest BCUT2D eigenvalue weighted by molar-refractivity contribution is 7.99. The number of thioether (sulfide) groups is 1. The summed E-state index contributed by atoms with van der Waals surface area (Å²) in [5, 5.41) is 3.19. The minimum Gasteiger partial charge on any atom is -0.309 e. The monoisotopic (exact) mass is 255 g/mol.